The first-order chi connectivity index (χ1) is 9.60. The van der Waals surface area contributed by atoms with Crippen LogP contribution in [0.1, 0.15) is 0 Å². The Bertz CT molecular complexity index is 629. The molecule has 0 saturated carbocycles. The zero-order valence-electron chi connectivity index (χ0n) is 10.1. The van der Waals surface area contributed by atoms with Crippen LogP contribution in [0.2, 0.25) is 15.1 Å². The van der Waals surface area contributed by atoms with Gasteiger partial charge in [-0.15, -0.1) is 0 Å². The van der Waals surface area contributed by atoms with Crippen LogP contribution in [0.3, 0.4) is 0 Å². The van der Waals surface area contributed by atoms with E-state index in [0.717, 1.165) is 0 Å². The molecule has 0 radical (unpaired) electrons. The van der Waals surface area contributed by atoms with Crippen molar-refractivity contribution in [3.63, 3.8) is 0 Å². The average molecular weight is 332 g/mol. The van der Waals surface area contributed by atoms with E-state index in [4.69, 9.17) is 44.3 Å². The minimum absolute atomic E-state index is 0.0922. The van der Waals surface area contributed by atoms with Gasteiger partial charge < -0.3 is 9.47 Å². The summed E-state index contributed by atoms with van der Waals surface area (Å²) in [5.41, 5.74) is 0. The van der Waals surface area contributed by atoms with Crippen molar-refractivity contribution in [1.82, 2.24) is 0 Å². The van der Waals surface area contributed by atoms with E-state index in [9.17, 15) is 4.79 Å². The normalized spacial score (nSPS) is 10.2. The highest BCUT2D eigenvalue weighted by Gasteiger charge is 2.10. The lowest BCUT2D eigenvalue weighted by Gasteiger charge is -2.12. The molecule has 0 aliphatic carbocycles. The summed E-state index contributed by atoms with van der Waals surface area (Å²) >= 11 is 17.7. The van der Waals surface area contributed by atoms with Crippen molar-refractivity contribution >= 4 is 41.1 Å². The van der Waals surface area contributed by atoms with Crippen LogP contribution in [-0.4, -0.2) is 12.9 Å². The first kappa shape index (κ1) is 15.0. The maximum Gasteiger partial charge on any atom is 0.169 e. The first-order valence-corrected chi connectivity index (χ1v) is 6.72. The van der Waals surface area contributed by atoms with E-state index in [0.29, 0.717) is 38.6 Å². The minimum Gasteiger partial charge on any atom is -0.482 e. The molecular formula is C14H9Cl3O3. The van der Waals surface area contributed by atoms with Crippen LogP contribution < -0.4 is 9.47 Å². The highest BCUT2D eigenvalue weighted by Crippen LogP contribution is 2.37. The van der Waals surface area contributed by atoms with E-state index in [1.54, 1.807) is 36.4 Å². The van der Waals surface area contributed by atoms with Gasteiger partial charge in [-0.3, -0.25) is 4.79 Å². The summed E-state index contributed by atoms with van der Waals surface area (Å²) in [6, 6.07) is 9.71. The van der Waals surface area contributed by atoms with Gasteiger partial charge in [0.2, 0.25) is 0 Å². The van der Waals surface area contributed by atoms with Crippen molar-refractivity contribution in [1.29, 1.82) is 0 Å². The molecule has 2 aromatic carbocycles. The smallest absolute Gasteiger partial charge is 0.169 e. The fourth-order valence-electron chi connectivity index (χ4n) is 1.48. The Kier molecular flexibility index (Phi) is 5.12. The summed E-state index contributed by atoms with van der Waals surface area (Å²) in [6.45, 7) is -0.0922. The topological polar surface area (TPSA) is 35.5 Å². The lowest BCUT2D eigenvalue weighted by Crippen LogP contribution is -1.99. The molecule has 0 heterocycles. The standard InChI is InChI=1S/C14H9Cl3O3/c15-9-1-3-12(11(17)7-9)20-13-4-2-10(16)8-14(13)19-6-5-18/h1-5,7-8H,6H2. The van der Waals surface area contributed by atoms with Gasteiger partial charge in [-0.05, 0) is 30.3 Å². The van der Waals surface area contributed by atoms with Gasteiger partial charge in [0.15, 0.2) is 17.8 Å². The lowest BCUT2D eigenvalue weighted by molar-refractivity contribution is -0.109. The Morgan fingerprint density at radius 2 is 1.55 bits per heavy atom. The third kappa shape index (κ3) is 3.79. The fourth-order valence-corrected chi connectivity index (χ4v) is 2.09. The number of aldehydes is 1. The highest BCUT2D eigenvalue weighted by atomic mass is 35.5. The Morgan fingerprint density at radius 1 is 0.900 bits per heavy atom. The number of hydrogen-bond donors (Lipinski definition) is 0. The van der Waals surface area contributed by atoms with E-state index >= 15 is 0 Å². The minimum atomic E-state index is -0.0922. The molecule has 20 heavy (non-hydrogen) atoms. The number of halogens is 3. The van der Waals surface area contributed by atoms with Crippen LogP contribution >= 0.6 is 34.8 Å². The van der Waals surface area contributed by atoms with Gasteiger partial charge in [-0.2, -0.15) is 0 Å². The number of hydrogen-bond acceptors (Lipinski definition) is 3. The summed E-state index contributed by atoms with van der Waals surface area (Å²) in [5, 5.41) is 1.35. The summed E-state index contributed by atoms with van der Waals surface area (Å²) in [6.07, 6.45) is 0.639. The van der Waals surface area contributed by atoms with Crippen molar-refractivity contribution in [2.75, 3.05) is 6.61 Å². The van der Waals surface area contributed by atoms with Gasteiger partial charge in [0, 0.05) is 16.1 Å². The molecule has 2 rings (SSSR count). The SMILES string of the molecule is O=CCOc1cc(Cl)ccc1Oc1ccc(Cl)cc1Cl. The predicted octanol–water partition coefficient (Wildman–Crippen LogP) is 5.02. The predicted molar refractivity (Wildman–Crippen MR) is 79.5 cm³/mol. The molecule has 0 spiro atoms. The third-order valence-corrected chi connectivity index (χ3v) is 3.09. The Balaban J connectivity index is 2.29. The molecule has 104 valence electrons. The summed E-state index contributed by atoms with van der Waals surface area (Å²) < 4.78 is 10.9. The van der Waals surface area contributed by atoms with Crippen molar-refractivity contribution in [3.05, 3.63) is 51.5 Å². The lowest BCUT2D eigenvalue weighted by atomic mass is 10.3. The van der Waals surface area contributed by atoms with E-state index < -0.39 is 0 Å². The van der Waals surface area contributed by atoms with Crippen LogP contribution in [0, 0.1) is 0 Å². The van der Waals surface area contributed by atoms with Crippen LogP contribution in [0.25, 0.3) is 0 Å². The number of ether oxygens (including phenoxy) is 2. The molecule has 6 heteroatoms. The Labute approximate surface area is 131 Å². The van der Waals surface area contributed by atoms with Gasteiger partial charge in [0.25, 0.3) is 0 Å². The van der Waals surface area contributed by atoms with E-state index in [-0.39, 0.29) is 6.61 Å². The molecule has 3 nitrogen and oxygen atoms in total. The maximum absolute atomic E-state index is 10.4. The summed E-state index contributed by atoms with van der Waals surface area (Å²) in [4.78, 5) is 10.4. The van der Waals surface area contributed by atoms with Crippen molar-refractivity contribution in [2.45, 2.75) is 0 Å². The number of benzene rings is 2. The molecule has 0 unspecified atom stereocenters. The van der Waals surface area contributed by atoms with Gasteiger partial charge in [-0.25, -0.2) is 0 Å². The molecule has 0 N–H and O–H groups in total. The zero-order valence-corrected chi connectivity index (χ0v) is 12.4. The zero-order chi connectivity index (χ0) is 14.5. The second-order valence-corrected chi connectivity index (χ2v) is 5.03. The van der Waals surface area contributed by atoms with Crippen LogP contribution in [0.5, 0.6) is 17.2 Å². The summed E-state index contributed by atoms with van der Waals surface area (Å²) in [7, 11) is 0. The van der Waals surface area contributed by atoms with Gasteiger partial charge in [0.05, 0.1) is 5.02 Å². The molecule has 0 atom stereocenters. The molecule has 0 bridgehead atoms. The number of rotatable bonds is 5. The van der Waals surface area contributed by atoms with Crippen LogP contribution in [0.4, 0.5) is 0 Å². The van der Waals surface area contributed by atoms with Crippen molar-refractivity contribution in [2.24, 2.45) is 0 Å². The molecular weight excluding hydrogens is 323 g/mol. The molecule has 2 aromatic rings. The second kappa shape index (κ2) is 6.84. The Morgan fingerprint density at radius 3 is 2.20 bits per heavy atom. The third-order valence-electron chi connectivity index (χ3n) is 2.33. The fraction of sp³-hybridized carbons (Fsp3) is 0.0714. The van der Waals surface area contributed by atoms with Crippen molar-refractivity contribution in [3.8, 4) is 17.2 Å². The van der Waals surface area contributed by atoms with E-state index in [2.05, 4.69) is 0 Å². The Hall–Kier alpha value is -1.42. The van der Waals surface area contributed by atoms with Crippen LogP contribution in [0.15, 0.2) is 36.4 Å². The van der Waals surface area contributed by atoms with Gasteiger partial charge in [0.1, 0.15) is 12.4 Å². The average Bonchev–Trinajstić information content (AvgIpc) is 2.41. The molecule has 0 aliphatic rings. The number of carbonyl (C=O) groups excluding carboxylic acids is 1. The molecule has 0 amide bonds. The van der Waals surface area contributed by atoms with Gasteiger partial charge >= 0.3 is 0 Å². The van der Waals surface area contributed by atoms with Crippen LogP contribution in [-0.2, 0) is 4.79 Å². The summed E-state index contributed by atoms with van der Waals surface area (Å²) in [5.74, 6) is 1.19. The highest BCUT2D eigenvalue weighted by molar-refractivity contribution is 6.35. The molecule has 0 aromatic heterocycles. The quantitative estimate of drug-likeness (QED) is 0.722. The molecule has 0 saturated heterocycles. The monoisotopic (exact) mass is 330 g/mol. The van der Waals surface area contributed by atoms with Crippen molar-refractivity contribution < 1.29 is 14.3 Å². The van der Waals surface area contributed by atoms with E-state index in [1.807, 2.05) is 0 Å². The van der Waals surface area contributed by atoms with E-state index in [1.165, 1.54) is 0 Å². The maximum atomic E-state index is 10.4. The molecule has 0 fully saturated rings. The number of carbonyl (C=O) groups is 1. The largest absolute Gasteiger partial charge is 0.482 e. The second-order valence-electron chi connectivity index (χ2n) is 3.75. The first-order valence-electron chi connectivity index (χ1n) is 5.59. The van der Waals surface area contributed by atoms with Gasteiger partial charge in [-0.1, -0.05) is 34.8 Å². The molecule has 0 aliphatic heterocycles.